The summed E-state index contributed by atoms with van der Waals surface area (Å²) >= 11 is 1.63. The van der Waals surface area contributed by atoms with Gasteiger partial charge in [-0.1, -0.05) is 11.6 Å². The topological polar surface area (TPSA) is 30.2 Å². The second-order valence-corrected chi connectivity index (χ2v) is 6.53. The summed E-state index contributed by atoms with van der Waals surface area (Å²) in [5.41, 5.74) is 3.31. The van der Waals surface area contributed by atoms with Crippen LogP contribution in [-0.2, 0) is 12.8 Å². The van der Waals surface area contributed by atoms with E-state index in [0.29, 0.717) is 5.76 Å². The summed E-state index contributed by atoms with van der Waals surface area (Å²) in [6.07, 6.45) is 3.45. The third-order valence-corrected chi connectivity index (χ3v) is 5.10. The lowest BCUT2D eigenvalue weighted by Gasteiger charge is -1.92. The lowest BCUT2D eigenvalue weighted by Crippen LogP contribution is -1.95. The van der Waals surface area contributed by atoms with Gasteiger partial charge in [0.25, 0.3) is 0 Å². The molecule has 100 valence electrons. The number of ketones is 1. The van der Waals surface area contributed by atoms with Crippen molar-refractivity contribution in [1.29, 1.82) is 0 Å². The molecule has 1 aliphatic carbocycles. The van der Waals surface area contributed by atoms with Crippen molar-refractivity contribution in [3.05, 3.63) is 57.0 Å². The van der Waals surface area contributed by atoms with Crippen LogP contribution in [0, 0.1) is 6.92 Å². The van der Waals surface area contributed by atoms with E-state index in [-0.39, 0.29) is 5.78 Å². The molecule has 2 heterocycles. The lowest BCUT2D eigenvalue weighted by molar-refractivity contribution is 0.101. The normalized spacial score (nSPS) is 13.8. The van der Waals surface area contributed by atoms with E-state index in [0.717, 1.165) is 28.7 Å². The molecule has 2 nitrogen and oxygen atoms in total. The van der Waals surface area contributed by atoms with Crippen molar-refractivity contribution in [1.82, 2.24) is 0 Å². The Morgan fingerprint density at radius 3 is 2.95 bits per heavy atom. The molecule has 0 bridgehead atoms. The van der Waals surface area contributed by atoms with E-state index in [1.54, 1.807) is 11.3 Å². The number of hydrogen-bond acceptors (Lipinski definition) is 3. The maximum absolute atomic E-state index is 12.5. The van der Waals surface area contributed by atoms with E-state index >= 15 is 0 Å². The van der Waals surface area contributed by atoms with Gasteiger partial charge in [-0.3, -0.25) is 4.79 Å². The molecule has 1 aliphatic rings. The van der Waals surface area contributed by atoms with Crippen molar-refractivity contribution in [2.75, 3.05) is 0 Å². The second kappa shape index (κ2) is 4.32. The fourth-order valence-corrected chi connectivity index (χ4v) is 4.04. The van der Waals surface area contributed by atoms with E-state index in [1.165, 1.54) is 22.4 Å². The van der Waals surface area contributed by atoms with Crippen LogP contribution in [0.2, 0.25) is 0 Å². The number of rotatable bonds is 2. The molecule has 4 rings (SSSR count). The van der Waals surface area contributed by atoms with Crippen molar-refractivity contribution in [3.63, 3.8) is 0 Å². The third kappa shape index (κ3) is 1.81. The van der Waals surface area contributed by atoms with E-state index in [9.17, 15) is 4.79 Å². The van der Waals surface area contributed by atoms with Crippen LogP contribution >= 0.6 is 11.3 Å². The maximum Gasteiger partial charge on any atom is 0.238 e. The Kier molecular flexibility index (Phi) is 2.57. The summed E-state index contributed by atoms with van der Waals surface area (Å²) < 4.78 is 5.70. The van der Waals surface area contributed by atoms with Crippen LogP contribution in [0.3, 0.4) is 0 Å². The highest BCUT2D eigenvalue weighted by atomic mass is 32.1. The van der Waals surface area contributed by atoms with E-state index in [4.69, 9.17) is 4.42 Å². The Balaban J connectivity index is 1.75. The minimum Gasteiger partial charge on any atom is -0.453 e. The number of furan rings is 1. The van der Waals surface area contributed by atoms with Gasteiger partial charge in [0, 0.05) is 10.3 Å². The Bertz CT molecular complexity index is 801. The minimum absolute atomic E-state index is 0.0123. The second-order valence-electron chi connectivity index (χ2n) is 5.39. The Morgan fingerprint density at radius 1 is 1.20 bits per heavy atom. The smallest absolute Gasteiger partial charge is 0.238 e. The van der Waals surface area contributed by atoms with Crippen LogP contribution in [0.25, 0.3) is 11.0 Å². The molecule has 0 atom stereocenters. The Labute approximate surface area is 121 Å². The SMILES string of the molecule is Cc1ccc2oc(C(=O)c3cc4c(s3)CCC4)cc2c1. The molecule has 0 radical (unpaired) electrons. The molecule has 0 aliphatic heterocycles. The predicted octanol–water partition coefficient (Wildman–Crippen LogP) is 4.52. The number of aryl methyl sites for hydroxylation is 3. The average Bonchev–Trinajstić information content (AvgIpc) is 3.10. The summed E-state index contributed by atoms with van der Waals surface area (Å²) in [5.74, 6) is 0.462. The van der Waals surface area contributed by atoms with Crippen molar-refractivity contribution in [2.24, 2.45) is 0 Å². The summed E-state index contributed by atoms with van der Waals surface area (Å²) in [5, 5.41) is 0.998. The van der Waals surface area contributed by atoms with Gasteiger partial charge < -0.3 is 4.42 Å². The first-order valence-electron chi connectivity index (χ1n) is 6.87. The molecule has 0 unspecified atom stereocenters. The van der Waals surface area contributed by atoms with E-state index in [1.807, 2.05) is 37.3 Å². The minimum atomic E-state index is 0.0123. The number of thiophene rings is 1. The van der Waals surface area contributed by atoms with Gasteiger partial charge in [-0.15, -0.1) is 11.3 Å². The zero-order valence-electron chi connectivity index (χ0n) is 11.2. The highest BCUT2D eigenvalue weighted by Gasteiger charge is 2.21. The molecule has 3 aromatic rings. The first-order valence-corrected chi connectivity index (χ1v) is 7.69. The number of hydrogen-bond donors (Lipinski definition) is 0. The molecule has 0 saturated heterocycles. The monoisotopic (exact) mass is 282 g/mol. The van der Waals surface area contributed by atoms with Crippen LogP contribution in [0.1, 0.15) is 37.9 Å². The summed E-state index contributed by atoms with van der Waals surface area (Å²) in [7, 11) is 0. The fraction of sp³-hybridized carbons (Fsp3) is 0.235. The standard InChI is InChI=1S/C17H14O2S/c1-10-5-6-13-12(7-10)8-14(19-13)17(18)16-9-11-3-2-4-15(11)20-16/h5-9H,2-4H2,1H3. The van der Waals surface area contributed by atoms with Gasteiger partial charge in [0.1, 0.15) is 5.58 Å². The Morgan fingerprint density at radius 2 is 2.10 bits per heavy atom. The van der Waals surface area contributed by atoms with Gasteiger partial charge in [0.05, 0.1) is 4.88 Å². The van der Waals surface area contributed by atoms with E-state index in [2.05, 4.69) is 0 Å². The molecule has 0 N–H and O–H groups in total. The predicted molar refractivity (Wildman–Crippen MR) is 80.7 cm³/mol. The van der Waals surface area contributed by atoms with Crippen LogP contribution < -0.4 is 0 Å². The van der Waals surface area contributed by atoms with Gasteiger partial charge in [0.2, 0.25) is 5.78 Å². The molecule has 20 heavy (non-hydrogen) atoms. The molecule has 0 fully saturated rings. The van der Waals surface area contributed by atoms with Gasteiger partial charge in [-0.25, -0.2) is 0 Å². The largest absolute Gasteiger partial charge is 0.453 e. The van der Waals surface area contributed by atoms with Crippen molar-refractivity contribution >= 4 is 28.1 Å². The van der Waals surface area contributed by atoms with Crippen LogP contribution in [0.5, 0.6) is 0 Å². The first-order chi connectivity index (χ1) is 9.70. The number of benzene rings is 1. The molecular formula is C17H14O2S. The lowest BCUT2D eigenvalue weighted by atomic mass is 10.1. The number of fused-ring (bicyclic) bond motifs is 2. The maximum atomic E-state index is 12.5. The number of carbonyl (C=O) groups excluding carboxylic acids is 1. The molecule has 3 heteroatoms. The van der Waals surface area contributed by atoms with Crippen LogP contribution in [-0.4, -0.2) is 5.78 Å². The van der Waals surface area contributed by atoms with Crippen molar-refractivity contribution < 1.29 is 9.21 Å². The highest BCUT2D eigenvalue weighted by Crippen LogP contribution is 2.32. The molecule has 0 saturated carbocycles. The Hall–Kier alpha value is -1.87. The average molecular weight is 282 g/mol. The molecule has 1 aromatic carbocycles. The summed E-state index contributed by atoms with van der Waals surface area (Å²) in [4.78, 5) is 14.7. The molecule has 0 spiro atoms. The zero-order chi connectivity index (χ0) is 13.7. The van der Waals surface area contributed by atoms with Crippen LogP contribution in [0.15, 0.2) is 34.7 Å². The van der Waals surface area contributed by atoms with Crippen molar-refractivity contribution in [2.45, 2.75) is 26.2 Å². The van der Waals surface area contributed by atoms with Gasteiger partial charge in [-0.2, -0.15) is 0 Å². The van der Waals surface area contributed by atoms with Gasteiger partial charge in [0.15, 0.2) is 5.76 Å². The van der Waals surface area contributed by atoms with E-state index < -0.39 is 0 Å². The third-order valence-electron chi connectivity index (χ3n) is 3.87. The molecular weight excluding hydrogens is 268 g/mol. The summed E-state index contributed by atoms with van der Waals surface area (Å²) in [6, 6.07) is 9.88. The summed E-state index contributed by atoms with van der Waals surface area (Å²) in [6.45, 7) is 2.04. The quantitative estimate of drug-likeness (QED) is 0.647. The van der Waals surface area contributed by atoms with Crippen molar-refractivity contribution in [3.8, 4) is 0 Å². The fourth-order valence-electron chi connectivity index (χ4n) is 2.84. The van der Waals surface area contributed by atoms with Gasteiger partial charge in [-0.05, 0) is 56.0 Å². The first kappa shape index (κ1) is 11.9. The highest BCUT2D eigenvalue weighted by molar-refractivity contribution is 7.14. The number of carbonyl (C=O) groups is 1. The zero-order valence-corrected chi connectivity index (χ0v) is 12.0. The molecule has 0 amide bonds. The van der Waals surface area contributed by atoms with Crippen LogP contribution in [0.4, 0.5) is 0 Å². The van der Waals surface area contributed by atoms with Gasteiger partial charge >= 0.3 is 0 Å². The molecule has 2 aromatic heterocycles.